The van der Waals surface area contributed by atoms with Crippen molar-refractivity contribution < 1.29 is 23.5 Å². The van der Waals surface area contributed by atoms with Gasteiger partial charge in [-0.25, -0.2) is 0 Å². The maximum atomic E-state index is 12.9. The molecule has 0 saturated carbocycles. The van der Waals surface area contributed by atoms with E-state index in [0.29, 0.717) is 31.7 Å². The summed E-state index contributed by atoms with van der Waals surface area (Å²) < 4.78 is 10.4. The van der Waals surface area contributed by atoms with Gasteiger partial charge in [0.25, 0.3) is 5.91 Å². The Morgan fingerprint density at radius 3 is 2.40 bits per heavy atom. The van der Waals surface area contributed by atoms with Crippen molar-refractivity contribution >= 4 is 17.8 Å². The molecular weight excluding hydrogens is 384 g/mol. The molecule has 0 unspecified atom stereocenters. The Bertz CT molecular complexity index is 840. The van der Waals surface area contributed by atoms with E-state index in [2.05, 4.69) is 5.32 Å². The summed E-state index contributed by atoms with van der Waals surface area (Å²) in [5, 5.41) is 3.02. The second kappa shape index (κ2) is 10.1. The minimum absolute atomic E-state index is 0.0732. The molecule has 1 atom stereocenters. The summed E-state index contributed by atoms with van der Waals surface area (Å²) in [5.41, 5.74) is 0.858. The van der Waals surface area contributed by atoms with E-state index in [1.54, 1.807) is 30.9 Å². The number of benzene rings is 1. The number of piperidine rings is 1. The summed E-state index contributed by atoms with van der Waals surface area (Å²) in [6.07, 6.45) is 2.47. The first-order valence-electron chi connectivity index (χ1n) is 10.3. The second-order valence-corrected chi connectivity index (χ2v) is 7.76. The van der Waals surface area contributed by atoms with Crippen molar-refractivity contribution in [1.29, 1.82) is 0 Å². The van der Waals surface area contributed by atoms with E-state index in [0.717, 1.165) is 5.56 Å². The molecule has 0 aliphatic carbocycles. The molecule has 1 aromatic carbocycles. The molecule has 7 heteroatoms. The number of hydrogen-bond acceptors (Lipinski definition) is 5. The van der Waals surface area contributed by atoms with Crippen molar-refractivity contribution in [1.82, 2.24) is 10.2 Å². The third-order valence-electron chi connectivity index (χ3n) is 5.14. The van der Waals surface area contributed by atoms with Crippen LogP contribution in [0.15, 0.2) is 53.1 Å². The number of rotatable bonds is 7. The smallest absolute Gasteiger partial charge is 0.308 e. The molecule has 7 nitrogen and oxygen atoms in total. The fourth-order valence-electron chi connectivity index (χ4n) is 3.61. The molecule has 1 aliphatic rings. The van der Waals surface area contributed by atoms with Gasteiger partial charge in [0.1, 0.15) is 0 Å². The van der Waals surface area contributed by atoms with Gasteiger partial charge in [0.05, 0.1) is 24.8 Å². The van der Waals surface area contributed by atoms with Gasteiger partial charge in [0.2, 0.25) is 5.91 Å². The molecule has 1 saturated heterocycles. The van der Waals surface area contributed by atoms with Gasteiger partial charge in [-0.05, 0) is 44.4 Å². The minimum Gasteiger partial charge on any atom is -0.463 e. The van der Waals surface area contributed by atoms with Crippen LogP contribution < -0.4 is 5.32 Å². The highest BCUT2D eigenvalue weighted by molar-refractivity contribution is 5.91. The van der Waals surface area contributed by atoms with Crippen molar-refractivity contribution in [3.8, 4) is 0 Å². The Balaban J connectivity index is 1.59. The van der Waals surface area contributed by atoms with E-state index >= 15 is 0 Å². The topological polar surface area (TPSA) is 88.9 Å². The zero-order valence-corrected chi connectivity index (χ0v) is 17.4. The van der Waals surface area contributed by atoms with Crippen molar-refractivity contribution in [3.63, 3.8) is 0 Å². The number of ether oxygens (including phenoxy) is 1. The molecule has 160 valence electrons. The summed E-state index contributed by atoms with van der Waals surface area (Å²) in [5.74, 6) is -0.509. The number of nitrogens with one attached hydrogen (secondary N) is 1. The molecule has 1 N–H and O–H groups in total. The maximum absolute atomic E-state index is 12.9. The number of amides is 2. The third kappa shape index (κ3) is 5.72. The lowest BCUT2D eigenvalue weighted by molar-refractivity contribution is -0.148. The zero-order valence-electron chi connectivity index (χ0n) is 17.4. The summed E-state index contributed by atoms with van der Waals surface area (Å²) in [6, 6.07) is 12.3. The molecule has 2 amide bonds. The Hall–Kier alpha value is -3.09. The summed E-state index contributed by atoms with van der Waals surface area (Å²) in [7, 11) is 0. The largest absolute Gasteiger partial charge is 0.463 e. The first kappa shape index (κ1) is 21.6. The van der Waals surface area contributed by atoms with Gasteiger partial charge in [-0.3, -0.25) is 14.4 Å². The number of nitrogens with zero attached hydrogens (tertiary/aromatic N) is 1. The van der Waals surface area contributed by atoms with Crippen LogP contribution in [-0.4, -0.2) is 41.9 Å². The monoisotopic (exact) mass is 412 g/mol. The van der Waals surface area contributed by atoms with E-state index in [1.807, 2.05) is 30.3 Å². The SMILES string of the molecule is CC(C)OC(=O)C[C@@H](NC(=O)C1CCN(C(=O)c2ccco2)CC1)c1ccccc1. The first-order valence-corrected chi connectivity index (χ1v) is 10.3. The zero-order chi connectivity index (χ0) is 21.5. The van der Waals surface area contributed by atoms with Gasteiger partial charge in [-0.1, -0.05) is 30.3 Å². The van der Waals surface area contributed by atoms with E-state index in [9.17, 15) is 14.4 Å². The van der Waals surface area contributed by atoms with Crippen LogP contribution in [0.4, 0.5) is 0 Å². The average molecular weight is 412 g/mol. The van der Waals surface area contributed by atoms with E-state index < -0.39 is 6.04 Å². The van der Waals surface area contributed by atoms with Gasteiger partial charge in [-0.2, -0.15) is 0 Å². The van der Waals surface area contributed by atoms with Crippen LogP contribution in [-0.2, 0) is 14.3 Å². The van der Waals surface area contributed by atoms with Gasteiger partial charge in [0, 0.05) is 19.0 Å². The minimum atomic E-state index is -0.451. The van der Waals surface area contributed by atoms with Gasteiger partial charge in [0.15, 0.2) is 5.76 Å². The predicted molar refractivity (Wildman–Crippen MR) is 111 cm³/mol. The molecule has 2 heterocycles. The molecule has 0 spiro atoms. The number of furan rings is 1. The molecular formula is C23H28N2O5. The average Bonchev–Trinajstić information content (AvgIpc) is 3.28. The van der Waals surface area contributed by atoms with Crippen LogP contribution in [0.1, 0.15) is 55.3 Å². The van der Waals surface area contributed by atoms with Gasteiger partial charge in [-0.15, -0.1) is 0 Å². The lowest BCUT2D eigenvalue weighted by Gasteiger charge is -2.31. The maximum Gasteiger partial charge on any atom is 0.308 e. The fourth-order valence-corrected chi connectivity index (χ4v) is 3.61. The van der Waals surface area contributed by atoms with Crippen molar-refractivity contribution in [3.05, 3.63) is 60.1 Å². The summed E-state index contributed by atoms with van der Waals surface area (Å²) in [4.78, 5) is 39.2. The lowest BCUT2D eigenvalue weighted by atomic mass is 9.94. The summed E-state index contributed by atoms with van der Waals surface area (Å²) in [6.45, 7) is 4.57. The molecule has 1 aliphatic heterocycles. The number of carbonyl (C=O) groups excluding carboxylic acids is 3. The third-order valence-corrected chi connectivity index (χ3v) is 5.14. The van der Waals surface area contributed by atoms with Gasteiger partial charge < -0.3 is 19.4 Å². The number of hydrogen-bond donors (Lipinski definition) is 1. The second-order valence-electron chi connectivity index (χ2n) is 7.76. The Morgan fingerprint density at radius 1 is 1.10 bits per heavy atom. The van der Waals surface area contributed by atoms with Crippen LogP contribution in [0, 0.1) is 5.92 Å². The van der Waals surface area contributed by atoms with Crippen LogP contribution in [0.2, 0.25) is 0 Å². The van der Waals surface area contributed by atoms with Crippen LogP contribution in [0.25, 0.3) is 0 Å². The van der Waals surface area contributed by atoms with E-state index in [4.69, 9.17) is 9.15 Å². The highest BCUT2D eigenvalue weighted by Gasteiger charge is 2.30. The van der Waals surface area contributed by atoms with Crippen LogP contribution in [0.5, 0.6) is 0 Å². The molecule has 0 radical (unpaired) electrons. The van der Waals surface area contributed by atoms with Crippen molar-refractivity contribution in [2.75, 3.05) is 13.1 Å². The van der Waals surface area contributed by atoms with Crippen molar-refractivity contribution in [2.24, 2.45) is 5.92 Å². The molecule has 1 fully saturated rings. The normalized spacial score (nSPS) is 15.6. The Labute approximate surface area is 176 Å². The Kier molecular flexibility index (Phi) is 7.27. The fraction of sp³-hybridized carbons (Fsp3) is 0.435. The quantitative estimate of drug-likeness (QED) is 0.705. The highest BCUT2D eigenvalue weighted by atomic mass is 16.5. The number of carbonyl (C=O) groups is 3. The van der Waals surface area contributed by atoms with E-state index in [-0.39, 0.29) is 36.2 Å². The standard InChI is InChI=1S/C23H28N2O5/c1-16(2)30-21(26)15-19(17-7-4-3-5-8-17)24-22(27)18-10-12-25(13-11-18)23(28)20-9-6-14-29-20/h3-9,14,16,18-19H,10-13,15H2,1-2H3,(H,24,27)/t19-/m1/s1. The Morgan fingerprint density at radius 2 is 1.80 bits per heavy atom. The first-order chi connectivity index (χ1) is 14.4. The molecule has 3 rings (SSSR count). The number of esters is 1. The molecule has 2 aromatic rings. The van der Waals surface area contributed by atoms with Crippen LogP contribution >= 0.6 is 0 Å². The van der Waals surface area contributed by atoms with Crippen LogP contribution in [0.3, 0.4) is 0 Å². The summed E-state index contributed by atoms with van der Waals surface area (Å²) >= 11 is 0. The predicted octanol–water partition coefficient (Wildman–Crippen LogP) is 3.33. The molecule has 30 heavy (non-hydrogen) atoms. The molecule has 1 aromatic heterocycles. The number of likely N-dealkylation sites (tertiary alicyclic amines) is 1. The lowest BCUT2D eigenvalue weighted by Crippen LogP contribution is -2.44. The van der Waals surface area contributed by atoms with Crippen molar-refractivity contribution in [2.45, 2.75) is 45.3 Å². The van der Waals surface area contributed by atoms with E-state index in [1.165, 1.54) is 6.26 Å². The molecule has 0 bridgehead atoms. The van der Waals surface area contributed by atoms with Gasteiger partial charge >= 0.3 is 5.97 Å². The highest BCUT2D eigenvalue weighted by Crippen LogP contribution is 2.23.